The van der Waals surface area contributed by atoms with E-state index in [4.69, 9.17) is 0 Å². The van der Waals surface area contributed by atoms with Crippen LogP contribution in [0.25, 0.3) is 23.1 Å². The summed E-state index contributed by atoms with van der Waals surface area (Å²) in [6.07, 6.45) is 3.79. The second-order valence-corrected chi connectivity index (χ2v) is 4.59. The Balaban J connectivity index is 2.03. The Bertz CT molecular complexity index is 827. The number of fused-ring (bicyclic) bond motifs is 1. The Morgan fingerprint density at radius 2 is 1.71 bits per heavy atom. The number of aromatic nitrogens is 1. The van der Waals surface area contributed by atoms with Gasteiger partial charge in [-0.3, -0.25) is 10.1 Å². The Kier molecular flexibility index (Phi) is 3.43. The molecule has 0 radical (unpaired) electrons. The second-order valence-electron chi connectivity index (χ2n) is 4.59. The first kappa shape index (κ1) is 13.0. The van der Waals surface area contributed by atoms with E-state index in [9.17, 15) is 10.1 Å². The third-order valence-electron chi connectivity index (χ3n) is 3.16. The third-order valence-corrected chi connectivity index (χ3v) is 3.16. The van der Waals surface area contributed by atoms with Gasteiger partial charge in [0.25, 0.3) is 5.69 Å². The lowest BCUT2D eigenvalue weighted by Crippen LogP contribution is -1.92. The van der Waals surface area contributed by atoms with E-state index < -0.39 is 4.92 Å². The van der Waals surface area contributed by atoms with Crippen molar-refractivity contribution in [1.29, 1.82) is 0 Å². The van der Waals surface area contributed by atoms with Gasteiger partial charge in [0.2, 0.25) is 0 Å². The van der Waals surface area contributed by atoms with E-state index >= 15 is 0 Å². The topological polar surface area (TPSA) is 56.0 Å². The lowest BCUT2D eigenvalue weighted by Gasteiger charge is -2.00. The van der Waals surface area contributed by atoms with Crippen molar-refractivity contribution in [3.8, 4) is 0 Å². The van der Waals surface area contributed by atoms with E-state index in [1.807, 2.05) is 60.7 Å². The average Bonchev–Trinajstić information content (AvgIpc) is 2.53. The first-order valence-electron chi connectivity index (χ1n) is 6.51. The van der Waals surface area contributed by atoms with Gasteiger partial charge in [0.05, 0.1) is 10.6 Å². The molecule has 3 rings (SSSR count). The van der Waals surface area contributed by atoms with E-state index in [0.29, 0.717) is 11.2 Å². The van der Waals surface area contributed by atoms with Crippen LogP contribution in [0, 0.1) is 10.1 Å². The van der Waals surface area contributed by atoms with Crippen LogP contribution in [0.2, 0.25) is 0 Å². The van der Waals surface area contributed by atoms with Crippen molar-refractivity contribution in [3.05, 3.63) is 82.0 Å². The largest absolute Gasteiger partial charge is 0.295 e. The van der Waals surface area contributed by atoms with Gasteiger partial charge < -0.3 is 0 Å². The lowest BCUT2D eigenvalue weighted by atomic mass is 10.1. The highest BCUT2D eigenvalue weighted by Crippen LogP contribution is 2.24. The average molecular weight is 276 g/mol. The maximum atomic E-state index is 11.1. The molecule has 0 unspecified atom stereocenters. The zero-order valence-corrected chi connectivity index (χ0v) is 11.1. The number of pyridine rings is 1. The predicted octanol–water partition coefficient (Wildman–Crippen LogP) is 4.31. The van der Waals surface area contributed by atoms with E-state index in [1.54, 1.807) is 6.07 Å². The molecule has 0 bridgehead atoms. The highest BCUT2D eigenvalue weighted by atomic mass is 16.6. The van der Waals surface area contributed by atoms with Gasteiger partial charge in [-0.2, -0.15) is 0 Å². The molecule has 1 aromatic heterocycles. The summed E-state index contributed by atoms with van der Waals surface area (Å²) in [4.78, 5) is 15.0. The highest BCUT2D eigenvalue weighted by Gasteiger charge is 2.12. The monoisotopic (exact) mass is 276 g/mol. The van der Waals surface area contributed by atoms with Gasteiger partial charge in [-0.1, -0.05) is 54.6 Å². The molecule has 0 saturated carbocycles. The molecule has 0 N–H and O–H groups in total. The standard InChI is InChI=1S/C17H12N2O2/c20-19(21)16-8-4-7-14-10-12-15(18-17(14)16)11-9-13-5-2-1-3-6-13/h1-12H/b11-9+. The predicted molar refractivity (Wildman–Crippen MR) is 83.8 cm³/mol. The SMILES string of the molecule is O=[N+]([O-])c1cccc2ccc(/C=C/c3ccccc3)nc12. The van der Waals surface area contributed by atoms with Crippen LogP contribution in [0.1, 0.15) is 11.3 Å². The maximum absolute atomic E-state index is 11.1. The quantitative estimate of drug-likeness (QED) is 0.529. The van der Waals surface area contributed by atoms with Crippen molar-refractivity contribution < 1.29 is 4.92 Å². The number of nitrogens with zero attached hydrogens (tertiary/aromatic N) is 2. The molecule has 0 aliphatic heterocycles. The minimum absolute atomic E-state index is 0.0301. The van der Waals surface area contributed by atoms with Crippen LogP contribution in [-0.4, -0.2) is 9.91 Å². The first-order valence-corrected chi connectivity index (χ1v) is 6.51. The molecule has 0 amide bonds. The van der Waals surface area contributed by atoms with Crippen molar-refractivity contribution in [1.82, 2.24) is 4.98 Å². The number of non-ortho nitro benzene ring substituents is 1. The zero-order valence-electron chi connectivity index (χ0n) is 11.1. The number of hydrogen-bond donors (Lipinski definition) is 0. The Hall–Kier alpha value is -3.01. The van der Waals surface area contributed by atoms with Crippen molar-refractivity contribution in [3.63, 3.8) is 0 Å². The third kappa shape index (κ3) is 2.79. The fraction of sp³-hybridized carbons (Fsp3) is 0. The number of nitro groups is 1. The lowest BCUT2D eigenvalue weighted by molar-refractivity contribution is -0.383. The van der Waals surface area contributed by atoms with E-state index in [1.165, 1.54) is 6.07 Å². The minimum atomic E-state index is -0.403. The number of para-hydroxylation sites is 1. The van der Waals surface area contributed by atoms with Crippen molar-refractivity contribution in [2.24, 2.45) is 0 Å². The molecule has 102 valence electrons. The van der Waals surface area contributed by atoms with E-state index in [-0.39, 0.29) is 5.69 Å². The fourth-order valence-corrected chi connectivity index (χ4v) is 2.13. The van der Waals surface area contributed by atoms with Gasteiger partial charge in [-0.15, -0.1) is 0 Å². The summed E-state index contributed by atoms with van der Waals surface area (Å²) in [5, 5.41) is 11.8. The molecule has 0 atom stereocenters. The van der Waals surface area contributed by atoms with Crippen LogP contribution in [0.15, 0.2) is 60.7 Å². The molecule has 0 aliphatic rings. The van der Waals surface area contributed by atoms with Gasteiger partial charge in [-0.25, -0.2) is 4.98 Å². The molecular formula is C17H12N2O2. The van der Waals surface area contributed by atoms with Crippen LogP contribution in [0.5, 0.6) is 0 Å². The van der Waals surface area contributed by atoms with Gasteiger partial charge in [0.1, 0.15) is 5.52 Å². The van der Waals surface area contributed by atoms with E-state index in [0.717, 1.165) is 10.9 Å². The summed E-state index contributed by atoms with van der Waals surface area (Å²) >= 11 is 0. The van der Waals surface area contributed by atoms with Crippen LogP contribution >= 0.6 is 0 Å². The molecule has 0 fully saturated rings. The molecule has 0 saturated heterocycles. The smallest absolute Gasteiger partial charge is 0.258 e. The van der Waals surface area contributed by atoms with Gasteiger partial charge in [-0.05, 0) is 17.7 Å². The summed E-state index contributed by atoms with van der Waals surface area (Å²) in [6, 6.07) is 18.5. The van der Waals surface area contributed by atoms with Crippen molar-refractivity contribution in [2.45, 2.75) is 0 Å². The number of hydrogen-bond acceptors (Lipinski definition) is 3. The summed E-state index contributed by atoms with van der Waals surface area (Å²) < 4.78 is 0. The van der Waals surface area contributed by atoms with Gasteiger partial charge in [0, 0.05) is 11.5 Å². The summed E-state index contributed by atoms with van der Waals surface area (Å²) in [7, 11) is 0. The summed E-state index contributed by atoms with van der Waals surface area (Å²) in [5.74, 6) is 0. The van der Waals surface area contributed by atoms with E-state index in [2.05, 4.69) is 4.98 Å². The normalized spacial score (nSPS) is 11.0. The van der Waals surface area contributed by atoms with Crippen LogP contribution in [0.3, 0.4) is 0 Å². The Morgan fingerprint density at radius 1 is 0.905 bits per heavy atom. The molecule has 2 aromatic carbocycles. The number of nitro benzene ring substituents is 1. The Labute approximate surface area is 121 Å². The second kappa shape index (κ2) is 5.54. The first-order chi connectivity index (χ1) is 10.2. The van der Waals surface area contributed by atoms with Crippen LogP contribution < -0.4 is 0 Å². The van der Waals surface area contributed by atoms with Crippen molar-refractivity contribution in [2.75, 3.05) is 0 Å². The van der Waals surface area contributed by atoms with Gasteiger partial charge >= 0.3 is 0 Å². The zero-order chi connectivity index (χ0) is 14.7. The summed E-state index contributed by atoms with van der Waals surface area (Å²) in [5.41, 5.74) is 2.20. The molecule has 4 nitrogen and oxygen atoms in total. The molecule has 3 aromatic rings. The maximum Gasteiger partial charge on any atom is 0.295 e. The van der Waals surface area contributed by atoms with Crippen LogP contribution in [0.4, 0.5) is 5.69 Å². The molecule has 0 spiro atoms. The minimum Gasteiger partial charge on any atom is -0.258 e. The van der Waals surface area contributed by atoms with Gasteiger partial charge in [0.15, 0.2) is 0 Å². The molecule has 0 aliphatic carbocycles. The number of benzene rings is 2. The molecule has 4 heteroatoms. The molecular weight excluding hydrogens is 264 g/mol. The highest BCUT2D eigenvalue weighted by molar-refractivity contribution is 5.88. The Morgan fingerprint density at radius 3 is 2.48 bits per heavy atom. The fourth-order valence-electron chi connectivity index (χ4n) is 2.13. The summed E-state index contributed by atoms with van der Waals surface area (Å²) in [6.45, 7) is 0. The molecule has 1 heterocycles. The van der Waals surface area contributed by atoms with Crippen LogP contribution in [-0.2, 0) is 0 Å². The van der Waals surface area contributed by atoms with Crippen molar-refractivity contribution >= 4 is 28.7 Å². The number of rotatable bonds is 3. The molecule has 21 heavy (non-hydrogen) atoms.